The van der Waals surface area contributed by atoms with Crippen molar-refractivity contribution < 1.29 is 13.2 Å². The highest BCUT2D eigenvalue weighted by molar-refractivity contribution is 7.92. The van der Waals surface area contributed by atoms with Gasteiger partial charge in [-0.25, -0.2) is 8.42 Å². The zero-order chi connectivity index (χ0) is 20.1. The van der Waals surface area contributed by atoms with Gasteiger partial charge in [-0.05, 0) is 23.8 Å². The number of hydrogen-bond acceptors (Lipinski definition) is 4. The van der Waals surface area contributed by atoms with Crippen LogP contribution in [0.25, 0.3) is 6.08 Å². The number of rotatable bonds is 5. The lowest BCUT2D eigenvalue weighted by atomic mass is 10.1. The molecule has 1 aliphatic heterocycles. The Hall–Kier alpha value is -2.97. The van der Waals surface area contributed by atoms with E-state index < -0.39 is 10.0 Å². The van der Waals surface area contributed by atoms with E-state index in [9.17, 15) is 13.2 Å². The summed E-state index contributed by atoms with van der Waals surface area (Å²) < 4.78 is 26.4. The van der Waals surface area contributed by atoms with E-state index in [1.165, 1.54) is 9.71 Å². The maximum atomic E-state index is 12.6. The second-order valence-electron chi connectivity index (χ2n) is 6.44. The van der Waals surface area contributed by atoms with Crippen molar-refractivity contribution in [3.63, 3.8) is 0 Å². The lowest BCUT2D eigenvalue weighted by Crippen LogP contribution is -2.50. The van der Waals surface area contributed by atoms with Crippen LogP contribution in [0.5, 0.6) is 0 Å². The first kappa shape index (κ1) is 19.8. The molecule has 0 aromatic heterocycles. The third-order valence-corrected chi connectivity index (χ3v) is 6.13. The van der Waals surface area contributed by atoms with E-state index in [1.807, 2.05) is 30.3 Å². The van der Waals surface area contributed by atoms with Crippen LogP contribution in [0.3, 0.4) is 0 Å². The molecule has 0 radical (unpaired) electrons. The second kappa shape index (κ2) is 8.37. The SMILES string of the molecule is N=C(N)c1ccc(C(=O)N2CCN(S(=O)(=O)C=Cc3ccccc3)CC2)cc1. The van der Waals surface area contributed by atoms with E-state index >= 15 is 0 Å². The highest BCUT2D eigenvalue weighted by Gasteiger charge is 2.27. The maximum Gasteiger partial charge on any atom is 0.253 e. The molecule has 1 aliphatic rings. The van der Waals surface area contributed by atoms with Gasteiger partial charge in [-0.2, -0.15) is 4.31 Å². The van der Waals surface area contributed by atoms with Gasteiger partial charge >= 0.3 is 0 Å². The van der Waals surface area contributed by atoms with E-state index in [-0.39, 0.29) is 24.8 Å². The molecule has 1 heterocycles. The van der Waals surface area contributed by atoms with Gasteiger partial charge in [0.1, 0.15) is 5.84 Å². The zero-order valence-electron chi connectivity index (χ0n) is 15.3. The molecule has 2 aromatic carbocycles. The first-order chi connectivity index (χ1) is 13.4. The predicted octanol–water partition coefficient (Wildman–Crippen LogP) is 1.73. The smallest absolute Gasteiger partial charge is 0.253 e. The summed E-state index contributed by atoms with van der Waals surface area (Å²) in [4.78, 5) is 14.2. The molecule has 0 unspecified atom stereocenters. The molecule has 146 valence electrons. The number of amidine groups is 1. The fourth-order valence-electron chi connectivity index (χ4n) is 2.94. The Balaban J connectivity index is 1.61. The van der Waals surface area contributed by atoms with Crippen molar-refractivity contribution in [3.8, 4) is 0 Å². The summed E-state index contributed by atoms with van der Waals surface area (Å²) >= 11 is 0. The van der Waals surface area contributed by atoms with Gasteiger partial charge < -0.3 is 10.6 Å². The summed E-state index contributed by atoms with van der Waals surface area (Å²) in [7, 11) is -3.53. The first-order valence-electron chi connectivity index (χ1n) is 8.84. The molecule has 7 nitrogen and oxygen atoms in total. The summed E-state index contributed by atoms with van der Waals surface area (Å²) in [6.07, 6.45) is 1.57. The Labute approximate surface area is 164 Å². The number of hydrogen-bond donors (Lipinski definition) is 2. The first-order valence-corrected chi connectivity index (χ1v) is 10.3. The molecule has 1 fully saturated rings. The van der Waals surface area contributed by atoms with Crippen LogP contribution < -0.4 is 5.73 Å². The van der Waals surface area contributed by atoms with Crippen LogP contribution >= 0.6 is 0 Å². The standard InChI is InChI=1S/C20H22N4O3S/c21-19(22)17-6-8-18(9-7-17)20(25)23-11-13-24(14-12-23)28(26,27)15-10-16-4-2-1-3-5-16/h1-10,15H,11-14H2,(H3,21,22). The Kier molecular flexibility index (Phi) is 5.91. The van der Waals surface area contributed by atoms with Crippen LogP contribution in [0.1, 0.15) is 21.5 Å². The Morgan fingerprint density at radius 2 is 1.50 bits per heavy atom. The van der Waals surface area contributed by atoms with E-state index in [4.69, 9.17) is 11.1 Å². The zero-order valence-corrected chi connectivity index (χ0v) is 16.1. The average Bonchev–Trinajstić information content (AvgIpc) is 2.73. The Morgan fingerprint density at radius 1 is 0.929 bits per heavy atom. The van der Waals surface area contributed by atoms with Gasteiger partial charge in [-0.1, -0.05) is 42.5 Å². The Bertz CT molecular complexity index is 978. The molecule has 1 saturated heterocycles. The largest absolute Gasteiger partial charge is 0.384 e. The number of nitrogens with two attached hydrogens (primary N) is 1. The minimum atomic E-state index is -3.53. The summed E-state index contributed by atoms with van der Waals surface area (Å²) in [6.45, 7) is 1.15. The highest BCUT2D eigenvalue weighted by atomic mass is 32.2. The number of carbonyl (C=O) groups is 1. The monoisotopic (exact) mass is 398 g/mol. The summed E-state index contributed by atoms with van der Waals surface area (Å²) in [5, 5.41) is 8.60. The van der Waals surface area contributed by atoms with Gasteiger partial charge in [0, 0.05) is 42.7 Å². The minimum Gasteiger partial charge on any atom is -0.384 e. The number of nitrogen functional groups attached to an aromatic ring is 1. The van der Waals surface area contributed by atoms with Crippen LogP contribution in [-0.2, 0) is 10.0 Å². The molecule has 0 saturated carbocycles. The van der Waals surface area contributed by atoms with Crippen LogP contribution in [0.2, 0.25) is 0 Å². The van der Waals surface area contributed by atoms with E-state index in [0.29, 0.717) is 24.2 Å². The van der Waals surface area contributed by atoms with E-state index in [1.54, 1.807) is 35.2 Å². The van der Waals surface area contributed by atoms with Gasteiger partial charge in [-0.3, -0.25) is 10.2 Å². The van der Waals surface area contributed by atoms with Gasteiger partial charge in [0.2, 0.25) is 10.0 Å². The normalized spacial score (nSPS) is 15.6. The molecule has 8 heteroatoms. The molecule has 3 N–H and O–H groups in total. The molecule has 0 spiro atoms. The van der Waals surface area contributed by atoms with Crippen molar-refractivity contribution in [3.05, 3.63) is 76.7 Å². The van der Waals surface area contributed by atoms with Crippen molar-refractivity contribution in [1.82, 2.24) is 9.21 Å². The average molecular weight is 398 g/mol. The second-order valence-corrected chi connectivity index (χ2v) is 8.26. The lowest BCUT2D eigenvalue weighted by molar-refractivity contribution is 0.0698. The lowest BCUT2D eigenvalue weighted by Gasteiger charge is -2.33. The van der Waals surface area contributed by atoms with Crippen LogP contribution in [0, 0.1) is 5.41 Å². The van der Waals surface area contributed by atoms with Crippen LogP contribution in [0.4, 0.5) is 0 Å². The number of sulfonamides is 1. The molecule has 1 amide bonds. The van der Waals surface area contributed by atoms with Crippen molar-refractivity contribution in [2.45, 2.75) is 0 Å². The number of nitrogens with zero attached hydrogens (tertiary/aromatic N) is 2. The van der Waals surface area contributed by atoms with Crippen LogP contribution in [0.15, 0.2) is 60.0 Å². The third kappa shape index (κ3) is 4.65. The van der Waals surface area contributed by atoms with Crippen molar-refractivity contribution in [2.75, 3.05) is 26.2 Å². The Morgan fingerprint density at radius 3 is 2.07 bits per heavy atom. The molecule has 0 aliphatic carbocycles. The number of nitrogens with one attached hydrogen (secondary N) is 1. The molecule has 0 atom stereocenters. The number of benzene rings is 2. The summed E-state index contributed by atoms with van der Waals surface area (Å²) in [5.41, 5.74) is 7.28. The van der Waals surface area contributed by atoms with E-state index in [2.05, 4.69) is 0 Å². The quantitative estimate of drug-likeness (QED) is 0.591. The fourth-order valence-corrected chi connectivity index (χ4v) is 4.11. The van der Waals surface area contributed by atoms with Crippen molar-refractivity contribution in [2.24, 2.45) is 5.73 Å². The van der Waals surface area contributed by atoms with Gasteiger partial charge in [0.05, 0.1) is 0 Å². The number of carbonyl (C=O) groups excluding carboxylic acids is 1. The summed E-state index contributed by atoms with van der Waals surface area (Å²) in [5.74, 6) is -0.214. The van der Waals surface area contributed by atoms with Gasteiger partial charge in [-0.15, -0.1) is 0 Å². The number of amides is 1. The molecule has 0 bridgehead atoms. The topological polar surface area (TPSA) is 108 Å². The highest BCUT2D eigenvalue weighted by Crippen LogP contribution is 2.14. The molecule has 3 rings (SSSR count). The number of piperazine rings is 1. The molecule has 28 heavy (non-hydrogen) atoms. The third-order valence-electron chi connectivity index (χ3n) is 4.56. The van der Waals surface area contributed by atoms with Crippen LogP contribution in [-0.4, -0.2) is 55.5 Å². The van der Waals surface area contributed by atoms with E-state index in [0.717, 1.165) is 5.56 Å². The maximum absolute atomic E-state index is 12.6. The van der Waals surface area contributed by atoms with Gasteiger partial charge in [0.15, 0.2) is 0 Å². The van der Waals surface area contributed by atoms with Crippen molar-refractivity contribution >= 4 is 27.8 Å². The van der Waals surface area contributed by atoms with Crippen molar-refractivity contribution in [1.29, 1.82) is 5.41 Å². The summed E-state index contributed by atoms with van der Waals surface area (Å²) in [6, 6.07) is 15.7. The molecular weight excluding hydrogens is 376 g/mol. The molecule has 2 aromatic rings. The minimum absolute atomic E-state index is 0.0543. The van der Waals surface area contributed by atoms with Gasteiger partial charge in [0.25, 0.3) is 5.91 Å². The fraction of sp³-hybridized carbons (Fsp3) is 0.200. The predicted molar refractivity (Wildman–Crippen MR) is 109 cm³/mol. The molecular formula is C20H22N4O3S.